The van der Waals surface area contributed by atoms with Crippen molar-refractivity contribution < 1.29 is 9.53 Å². The maximum Gasteiger partial charge on any atom is 0.167 e. The van der Waals surface area contributed by atoms with E-state index in [1.54, 1.807) is 0 Å². The monoisotopic (exact) mass is 332 g/mol. The predicted molar refractivity (Wildman–Crippen MR) is 84.4 cm³/mol. The highest BCUT2D eigenvalue weighted by Crippen LogP contribution is 2.17. The molecule has 104 valence electrons. The van der Waals surface area contributed by atoms with Gasteiger partial charge in [-0.2, -0.15) is 0 Å². The summed E-state index contributed by atoms with van der Waals surface area (Å²) in [7, 11) is 0. The van der Waals surface area contributed by atoms with Crippen molar-refractivity contribution in [2.45, 2.75) is 26.4 Å². The van der Waals surface area contributed by atoms with Gasteiger partial charge in [-0.15, -0.1) is 0 Å². The second-order valence-electron chi connectivity index (χ2n) is 4.92. The van der Waals surface area contributed by atoms with Crippen molar-refractivity contribution in [1.29, 1.82) is 0 Å². The molecule has 0 bridgehead atoms. The van der Waals surface area contributed by atoms with E-state index in [1.165, 1.54) is 0 Å². The summed E-state index contributed by atoms with van der Waals surface area (Å²) in [5.74, 6) is 0.901. The number of rotatable bonds is 5. The second-order valence-corrected chi connectivity index (χ2v) is 5.84. The van der Waals surface area contributed by atoms with Crippen molar-refractivity contribution in [2.24, 2.45) is 0 Å². The van der Waals surface area contributed by atoms with Gasteiger partial charge in [0.1, 0.15) is 5.75 Å². The quantitative estimate of drug-likeness (QED) is 0.744. The molecule has 2 aromatic rings. The predicted octanol–water partition coefficient (Wildman–Crippen LogP) is 4.66. The van der Waals surface area contributed by atoms with Gasteiger partial charge in [0.05, 0.1) is 6.10 Å². The Balaban J connectivity index is 2.06. The van der Waals surface area contributed by atoms with Gasteiger partial charge in [-0.3, -0.25) is 4.79 Å². The van der Waals surface area contributed by atoms with Crippen LogP contribution in [0, 0.1) is 0 Å². The summed E-state index contributed by atoms with van der Waals surface area (Å²) in [5.41, 5.74) is 1.72. The van der Waals surface area contributed by atoms with E-state index >= 15 is 0 Å². The lowest BCUT2D eigenvalue weighted by atomic mass is 10.0. The number of ketones is 1. The first-order chi connectivity index (χ1) is 9.54. The molecule has 0 amide bonds. The zero-order valence-electron chi connectivity index (χ0n) is 11.6. The lowest BCUT2D eigenvalue weighted by Gasteiger charge is -2.09. The molecule has 0 saturated heterocycles. The summed E-state index contributed by atoms with van der Waals surface area (Å²) >= 11 is 3.41. The van der Waals surface area contributed by atoms with Gasteiger partial charge in [-0.25, -0.2) is 0 Å². The van der Waals surface area contributed by atoms with Crippen LogP contribution in [0.5, 0.6) is 5.75 Å². The van der Waals surface area contributed by atoms with Crippen LogP contribution < -0.4 is 4.74 Å². The normalized spacial score (nSPS) is 10.6. The number of carbonyl (C=O) groups is 1. The summed E-state index contributed by atoms with van der Waals surface area (Å²) in [4.78, 5) is 12.2. The summed E-state index contributed by atoms with van der Waals surface area (Å²) < 4.78 is 6.55. The van der Waals surface area contributed by atoms with Crippen LogP contribution in [0.3, 0.4) is 0 Å². The van der Waals surface area contributed by atoms with Crippen molar-refractivity contribution in [3.8, 4) is 5.75 Å². The topological polar surface area (TPSA) is 26.3 Å². The first-order valence-electron chi connectivity index (χ1n) is 6.59. The molecule has 2 nitrogen and oxygen atoms in total. The van der Waals surface area contributed by atoms with E-state index in [0.29, 0.717) is 12.0 Å². The summed E-state index contributed by atoms with van der Waals surface area (Å²) in [6.07, 6.45) is 0.544. The number of halogens is 1. The molecule has 0 N–H and O–H groups in total. The van der Waals surface area contributed by atoms with Crippen molar-refractivity contribution in [1.82, 2.24) is 0 Å². The van der Waals surface area contributed by atoms with Gasteiger partial charge in [0, 0.05) is 16.5 Å². The van der Waals surface area contributed by atoms with Crippen molar-refractivity contribution in [3.63, 3.8) is 0 Å². The molecule has 20 heavy (non-hydrogen) atoms. The molecule has 0 aliphatic carbocycles. The number of hydrogen-bond donors (Lipinski definition) is 0. The SMILES string of the molecule is CC(C)Oc1ccc(C(=O)Cc2cccc(Br)c2)cc1. The highest BCUT2D eigenvalue weighted by atomic mass is 79.9. The summed E-state index contributed by atoms with van der Waals surface area (Å²) in [6.45, 7) is 3.96. The Bertz CT molecular complexity index is 588. The number of ether oxygens (including phenoxy) is 1. The maximum absolute atomic E-state index is 12.2. The zero-order chi connectivity index (χ0) is 14.5. The Morgan fingerprint density at radius 2 is 1.85 bits per heavy atom. The number of hydrogen-bond acceptors (Lipinski definition) is 2. The van der Waals surface area contributed by atoms with Crippen LogP contribution in [-0.2, 0) is 6.42 Å². The van der Waals surface area contributed by atoms with Gasteiger partial charge in [-0.05, 0) is 55.8 Å². The van der Waals surface area contributed by atoms with E-state index in [9.17, 15) is 4.79 Å². The van der Waals surface area contributed by atoms with E-state index in [0.717, 1.165) is 15.8 Å². The van der Waals surface area contributed by atoms with Crippen LogP contribution in [0.4, 0.5) is 0 Å². The van der Waals surface area contributed by atoms with E-state index in [1.807, 2.05) is 62.4 Å². The molecule has 2 rings (SSSR count). The Morgan fingerprint density at radius 1 is 1.15 bits per heavy atom. The molecule has 0 radical (unpaired) electrons. The highest BCUT2D eigenvalue weighted by molar-refractivity contribution is 9.10. The molecule has 0 spiro atoms. The summed E-state index contributed by atoms with van der Waals surface area (Å²) in [5, 5.41) is 0. The average Bonchev–Trinajstić information content (AvgIpc) is 2.38. The molecular weight excluding hydrogens is 316 g/mol. The Morgan fingerprint density at radius 3 is 2.45 bits per heavy atom. The van der Waals surface area contributed by atoms with Gasteiger partial charge in [0.15, 0.2) is 5.78 Å². The molecule has 0 saturated carbocycles. The van der Waals surface area contributed by atoms with Crippen LogP contribution in [0.25, 0.3) is 0 Å². The van der Waals surface area contributed by atoms with Crippen LogP contribution >= 0.6 is 15.9 Å². The third kappa shape index (κ3) is 4.20. The number of carbonyl (C=O) groups excluding carboxylic acids is 1. The molecule has 3 heteroatoms. The Labute approximate surface area is 127 Å². The first kappa shape index (κ1) is 14.8. The molecule has 0 heterocycles. The molecule has 0 aliphatic heterocycles. The average molecular weight is 333 g/mol. The zero-order valence-corrected chi connectivity index (χ0v) is 13.2. The lowest BCUT2D eigenvalue weighted by molar-refractivity contribution is 0.0993. The van der Waals surface area contributed by atoms with Crippen LogP contribution in [-0.4, -0.2) is 11.9 Å². The van der Waals surface area contributed by atoms with E-state index in [4.69, 9.17) is 4.74 Å². The van der Waals surface area contributed by atoms with E-state index in [-0.39, 0.29) is 11.9 Å². The molecule has 0 unspecified atom stereocenters. The van der Waals surface area contributed by atoms with Crippen molar-refractivity contribution >= 4 is 21.7 Å². The molecule has 0 aromatic heterocycles. The van der Waals surface area contributed by atoms with Gasteiger partial charge in [0.2, 0.25) is 0 Å². The minimum atomic E-state index is 0.110. The van der Waals surface area contributed by atoms with Crippen molar-refractivity contribution in [3.05, 3.63) is 64.1 Å². The van der Waals surface area contributed by atoms with Gasteiger partial charge in [0.25, 0.3) is 0 Å². The van der Waals surface area contributed by atoms with Crippen LogP contribution in [0.2, 0.25) is 0 Å². The Kier molecular flexibility index (Phi) is 4.96. The Hall–Kier alpha value is -1.61. The first-order valence-corrected chi connectivity index (χ1v) is 7.38. The fourth-order valence-corrected chi connectivity index (χ4v) is 2.37. The number of benzene rings is 2. The molecule has 2 aromatic carbocycles. The fourth-order valence-electron chi connectivity index (χ4n) is 1.93. The molecular formula is C17H17BrO2. The molecule has 0 fully saturated rings. The van der Waals surface area contributed by atoms with Crippen LogP contribution in [0.15, 0.2) is 53.0 Å². The third-order valence-corrected chi connectivity index (χ3v) is 3.30. The maximum atomic E-state index is 12.2. The number of Topliss-reactive ketones (excluding diaryl/α,β-unsaturated/α-hetero) is 1. The largest absolute Gasteiger partial charge is 0.491 e. The van der Waals surface area contributed by atoms with E-state index < -0.39 is 0 Å². The standard InChI is InChI=1S/C17H17BrO2/c1-12(2)20-16-8-6-14(7-9-16)17(19)11-13-4-3-5-15(18)10-13/h3-10,12H,11H2,1-2H3. The van der Waals surface area contributed by atoms with Gasteiger partial charge in [-0.1, -0.05) is 28.1 Å². The van der Waals surface area contributed by atoms with Crippen LogP contribution in [0.1, 0.15) is 29.8 Å². The third-order valence-electron chi connectivity index (χ3n) is 2.80. The smallest absolute Gasteiger partial charge is 0.167 e. The molecule has 0 aliphatic rings. The highest BCUT2D eigenvalue weighted by Gasteiger charge is 2.08. The molecule has 0 atom stereocenters. The summed E-state index contributed by atoms with van der Waals surface area (Å²) in [6, 6.07) is 15.1. The van der Waals surface area contributed by atoms with Gasteiger partial charge < -0.3 is 4.74 Å². The fraction of sp³-hybridized carbons (Fsp3) is 0.235. The minimum absolute atomic E-state index is 0.110. The van der Waals surface area contributed by atoms with Crippen molar-refractivity contribution in [2.75, 3.05) is 0 Å². The minimum Gasteiger partial charge on any atom is -0.491 e. The lowest BCUT2D eigenvalue weighted by Crippen LogP contribution is -2.06. The second kappa shape index (κ2) is 6.71. The van der Waals surface area contributed by atoms with E-state index in [2.05, 4.69) is 15.9 Å². The van der Waals surface area contributed by atoms with Gasteiger partial charge >= 0.3 is 0 Å².